The molecule has 1 aliphatic heterocycles. The van der Waals surface area contributed by atoms with Gasteiger partial charge in [0.25, 0.3) is 5.91 Å². The van der Waals surface area contributed by atoms with Gasteiger partial charge in [-0.05, 0) is 29.8 Å². The topological polar surface area (TPSA) is 88.6 Å². The molecule has 1 aliphatic rings. The van der Waals surface area contributed by atoms with Crippen LogP contribution in [0.15, 0.2) is 53.7 Å². The van der Waals surface area contributed by atoms with Crippen LogP contribution >= 0.6 is 0 Å². The number of benzene rings is 2. The van der Waals surface area contributed by atoms with Crippen molar-refractivity contribution in [1.29, 1.82) is 0 Å². The van der Waals surface area contributed by atoms with E-state index in [0.29, 0.717) is 25.1 Å². The van der Waals surface area contributed by atoms with E-state index in [-0.39, 0.29) is 12.0 Å². The zero-order chi connectivity index (χ0) is 18.6. The highest BCUT2D eigenvalue weighted by atomic mass is 16.6. The highest BCUT2D eigenvalue weighted by Gasteiger charge is 2.27. The minimum atomic E-state index is -0.210. The number of nitrogens with one attached hydrogen (secondary N) is 2. The van der Waals surface area contributed by atoms with Gasteiger partial charge in [0.1, 0.15) is 23.4 Å². The summed E-state index contributed by atoms with van der Waals surface area (Å²) in [5.74, 6) is 1.40. The number of aromatic nitrogens is 2. The van der Waals surface area contributed by atoms with Crippen molar-refractivity contribution in [3.05, 3.63) is 59.9 Å². The Labute approximate surface area is 156 Å². The third-order valence-electron chi connectivity index (χ3n) is 4.47. The number of carbonyl (C=O) groups excluding carboxylic acids is 1. The molecule has 2 aromatic carbocycles. The summed E-state index contributed by atoms with van der Waals surface area (Å²) < 4.78 is 5.13. The normalized spacial score (nSPS) is 16.0. The Hall–Kier alpha value is -3.35. The number of methoxy groups -OCH3 is 1. The molecule has 0 spiro atoms. The van der Waals surface area contributed by atoms with Gasteiger partial charge in [-0.15, -0.1) is 0 Å². The fourth-order valence-electron chi connectivity index (χ4n) is 3.02. The second-order valence-corrected chi connectivity index (χ2v) is 6.41. The Bertz CT molecular complexity index is 945. The number of oxime groups is 1. The summed E-state index contributed by atoms with van der Waals surface area (Å²) in [5, 5.41) is 6.82. The Balaban J connectivity index is 1.29. The first-order chi connectivity index (χ1) is 13.2. The van der Waals surface area contributed by atoms with Crippen LogP contribution in [0.2, 0.25) is 0 Å². The number of ether oxygens (including phenoxy) is 1. The lowest BCUT2D eigenvalue weighted by Crippen LogP contribution is -2.30. The van der Waals surface area contributed by atoms with Gasteiger partial charge in [0.05, 0.1) is 18.1 Å². The number of para-hydroxylation sites is 2. The second-order valence-electron chi connectivity index (χ2n) is 6.41. The third-order valence-corrected chi connectivity index (χ3v) is 4.47. The van der Waals surface area contributed by atoms with Crippen LogP contribution in [0.25, 0.3) is 11.0 Å². The number of amides is 1. The molecule has 2 N–H and O–H groups in total. The summed E-state index contributed by atoms with van der Waals surface area (Å²) in [5.41, 5.74) is 3.31. The van der Waals surface area contributed by atoms with Gasteiger partial charge in [-0.2, -0.15) is 0 Å². The summed E-state index contributed by atoms with van der Waals surface area (Å²) in [6, 6.07) is 15.4. The lowest BCUT2D eigenvalue weighted by atomic mass is 10.1. The van der Waals surface area contributed by atoms with Crippen molar-refractivity contribution in [2.45, 2.75) is 25.5 Å². The van der Waals surface area contributed by atoms with Crippen LogP contribution in [0.5, 0.6) is 5.75 Å². The number of rotatable bonds is 6. The highest BCUT2D eigenvalue weighted by Crippen LogP contribution is 2.18. The van der Waals surface area contributed by atoms with Crippen LogP contribution in [-0.4, -0.2) is 34.8 Å². The number of hydrogen-bond donors (Lipinski definition) is 2. The lowest BCUT2D eigenvalue weighted by Gasteiger charge is -2.06. The van der Waals surface area contributed by atoms with Gasteiger partial charge >= 0.3 is 0 Å². The molecule has 0 radical (unpaired) electrons. The van der Waals surface area contributed by atoms with E-state index in [4.69, 9.17) is 9.57 Å². The summed E-state index contributed by atoms with van der Waals surface area (Å²) in [7, 11) is 1.62. The molecule has 0 fully saturated rings. The molecule has 7 heteroatoms. The molecular weight excluding hydrogens is 344 g/mol. The molecule has 27 heavy (non-hydrogen) atoms. The van der Waals surface area contributed by atoms with Crippen molar-refractivity contribution >= 4 is 22.7 Å². The van der Waals surface area contributed by atoms with E-state index in [1.807, 2.05) is 48.5 Å². The number of fused-ring (bicyclic) bond motifs is 1. The lowest BCUT2D eigenvalue weighted by molar-refractivity contribution is -0.115. The SMILES string of the molecule is COc1ccc(CNC(=O)C2=NO[C@H](Cc3nc4ccccc4[nH]3)C2)cc1. The molecule has 3 aromatic rings. The van der Waals surface area contributed by atoms with Crippen molar-refractivity contribution in [2.75, 3.05) is 7.11 Å². The molecule has 2 heterocycles. The minimum Gasteiger partial charge on any atom is -0.497 e. The van der Waals surface area contributed by atoms with Crippen LogP contribution in [0.3, 0.4) is 0 Å². The standard InChI is InChI=1S/C20H20N4O3/c1-26-14-8-6-13(7-9-14)12-21-20(25)18-10-15(27-24-18)11-19-22-16-4-2-3-5-17(16)23-19/h2-9,15H,10-12H2,1H3,(H,21,25)(H,22,23)/t15-/m0/s1. The number of imidazole rings is 1. The van der Waals surface area contributed by atoms with E-state index in [2.05, 4.69) is 20.4 Å². The van der Waals surface area contributed by atoms with Gasteiger partial charge in [-0.25, -0.2) is 4.98 Å². The van der Waals surface area contributed by atoms with Gasteiger partial charge in [0.15, 0.2) is 0 Å². The zero-order valence-electron chi connectivity index (χ0n) is 14.9. The fourth-order valence-corrected chi connectivity index (χ4v) is 3.02. The van der Waals surface area contributed by atoms with E-state index in [1.54, 1.807) is 7.11 Å². The Morgan fingerprint density at radius 2 is 2.07 bits per heavy atom. The monoisotopic (exact) mass is 364 g/mol. The van der Waals surface area contributed by atoms with Gasteiger partial charge < -0.3 is 19.9 Å². The molecule has 0 aliphatic carbocycles. The van der Waals surface area contributed by atoms with Crippen molar-refractivity contribution < 1.29 is 14.4 Å². The van der Waals surface area contributed by atoms with Gasteiger partial charge in [-0.3, -0.25) is 4.79 Å². The summed E-state index contributed by atoms with van der Waals surface area (Å²) >= 11 is 0. The Kier molecular flexibility index (Phi) is 4.74. The predicted molar refractivity (Wildman–Crippen MR) is 102 cm³/mol. The maximum Gasteiger partial charge on any atom is 0.269 e. The van der Waals surface area contributed by atoms with E-state index < -0.39 is 0 Å². The molecule has 4 rings (SSSR count). The maximum atomic E-state index is 12.3. The first-order valence-electron chi connectivity index (χ1n) is 8.79. The van der Waals surface area contributed by atoms with E-state index in [9.17, 15) is 4.79 Å². The van der Waals surface area contributed by atoms with Crippen molar-refractivity contribution in [1.82, 2.24) is 15.3 Å². The highest BCUT2D eigenvalue weighted by molar-refractivity contribution is 6.39. The van der Waals surface area contributed by atoms with Crippen LogP contribution < -0.4 is 10.1 Å². The molecule has 1 aromatic heterocycles. The first-order valence-corrected chi connectivity index (χ1v) is 8.79. The maximum absolute atomic E-state index is 12.3. The smallest absolute Gasteiger partial charge is 0.269 e. The van der Waals surface area contributed by atoms with Gasteiger partial charge in [0.2, 0.25) is 0 Å². The van der Waals surface area contributed by atoms with Crippen molar-refractivity contribution in [3.8, 4) is 5.75 Å². The van der Waals surface area contributed by atoms with E-state index in [0.717, 1.165) is 28.2 Å². The predicted octanol–water partition coefficient (Wildman–Crippen LogP) is 2.58. The summed E-state index contributed by atoms with van der Waals surface area (Å²) in [6.07, 6.45) is 0.853. The molecule has 0 unspecified atom stereocenters. The molecule has 0 saturated heterocycles. The molecule has 0 bridgehead atoms. The fraction of sp³-hybridized carbons (Fsp3) is 0.250. The second kappa shape index (κ2) is 7.49. The van der Waals surface area contributed by atoms with E-state index in [1.165, 1.54) is 0 Å². The number of aromatic amines is 1. The molecule has 7 nitrogen and oxygen atoms in total. The van der Waals surface area contributed by atoms with Gasteiger partial charge in [-0.1, -0.05) is 29.4 Å². The van der Waals surface area contributed by atoms with Crippen molar-refractivity contribution in [3.63, 3.8) is 0 Å². The average molecular weight is 364 g/mol. The van der Waals surface area contributed by atoms with Crippen LogP contribution in [-0.2, 0) is 22.6 Å². The Morgan fingerprint density at radius 1 is 1.26 bits per heavy atom. The van der Waals surface area contributed by atoms with Crippen LogP contribution in [0, 0.1) is 0 Å². The van der Waals surface area contributed by atoms with Crippen LogP contribution in [0.4, 0.5) is 0 Å². The molecule has 0 saturated carbocycles. The third kappa shape index (κ3) is 3.92. The molecule has 138 valence electrons. The number of hydrogen-bond acceptors (Lipinski definition) is 5. The minimum absolute atomic E-state index is 0.188. The molecular formula is C20H20N4O3. The van der Waals surface area contributed by atoms with Crippen molar-refractivity contribution in [2.24, 2.45) is 5.16 Å². The number of carbonyl (C=O) groups is 1. The van der Waals surface area contributed by atoms with Gasteiger partial charge in [0, 0.05) is 19.4 Å². The molecule has 1 atom stereocenters. The largest absolute Gasteiger partial charge is 0.497 e. The first kappa shape index (κ1) is 17.1. The Morgan fingerprint density at radius 3 is 2.85 bits per heavy atom. The zero-order valence-corrected chi connectivity index (χ0v) is 14.9. The molecule has 1 amide bonds. The van der Waals surface area contributed by atoms with E-state index >= 15 is 0 Å². The number of H-pyrrole nitrogens is 1. The number of nitrogens with zero attached hydrogens (tertiary/aromatic N) is 2. The summed E-state index contributed by atoms with van der Waals surface area (Å²) in [6.45, 7) is 0.427. The average Bonchev–Trinajstić information content (AvgIpc) is 3.33. The quantitative estimate of drug-likeness (QED) is 0.704. The van der Waals surface area contributed by atoms with Crippen LogP contribution in [0.1, 0.15) is 17.8 Å². The summed E-state index contributed by atoms with van der Waals surface area (Å²) in [4.78, 5) is 25.5.